The van der Waals surface area contributed by atoms with Crippen LogP contribution in [0.1, 0.15) is 63.1 Å². The van der Waals surface area contributed by atoms with Crippen molar-refractivity contribution in [3.63, 3.8) is 0 Å². The fraction of sp³-hybridized carbons (Fsp3) is 0.476. The molecule has 164 valence electrons. The summed E-state index contributed by atoms with van der Waals surface area (Å²) in [5.41, 5.74) is 0.845. The third kappa shape index (κ3) is 2.56. The third-order valence-corrected chi connectivity index (χ3v) is 6.65. The van der Waals surface area contributed by atoms with Gasteiger partial charge in [-0.05, 0) is 32.6 Å². The van der Waals surface area contributed by atoms with Crippen molar-refractivity contribution in [1.82, 2.24) is 34.3 Å². The molecule has 0 spiro atoms. The third-order valence-electron chi connectivity index (χ3n) is 6.65. The van der Waals surface area contributed by atoms with Crippen LogP contribution in [0.3, 0.4) is 0 Å². The molecule has 5 heterocycles. The van der Waals surface area contributed by atoms with Crippen molar-refractivity contribution in [1.29, 1.82) is 0 Å². The summed E-state index contributed by atoms with van der Waals surface area (Å²) in [6, 6.07) is 0.456. The number of anilines is 2. The lowest BCUT2D eigenvalue weighted by atomic mass is 9.89. The van der Waals surface area contributed by atoms with Gasteiger partial charge < -0.3 is 4.90 Å². The van der Waals surface area contributed by atoms with Gasteiger partial charge in [-0.15, -0.1) is 10.2 Å². The standard InChI is InChI=1S/C21H23N9O2/c1-3-14-19-26-25-12(2)28(19)15-11-23-20(24-18(15)29(14)13-5-4-6-13)27-10-9-22-21(27)30-16(31)7-8-17(30)32/h9-11,13-14H,3-8H2,1-2H3. The Hall–Kier alpha value is -3.63. The van der Waals surface area contributed by atoms with Crippen LogP contribution in [0, 0.1) is 6.92 Å². The average Bonchev–Trinajstić information content (AvgIpc) is 3.46. The van der Waals surface area contributed by atoms with Crippen LogP contribution < -0.4 is 9.80 Å². The predicted octanol–water partition coefficient (Wildman–Crippen LogP) is 2.03. The Morgan fingerprint density at radius 2 is 1.88 bits per heavy atom. The molecule has 2 aliphatic heterocycles. The minimum Gasteiger partial charge on any atom is -0.341 e. The van der Waals surface area contributed by atoms with Crippen LogP contribution in [0.15, 0.2) is 18.6 Å². The molecule has 1 unspecified atom stereocenters. The zero-order chi connectivity index (χ0) is 22.0. The number of fused-ring (bicyclic) bond motifs is 3. The Kier molecular flexibility index (Phi) is 4.14. The van der Waals surface area contributed by atoms with E-state index in [-0.39, 0.29) is 36.6 Å². The molecule has 0 aromatic carbocycles. The molecule has 6 rings (SSSR count). The highest BCUT2D eigenvalue weighted by molar-refractivity contribution is 6.18. The largest absolute Gasteiger partial charge is 0.341 e. The minimum absolute atomic E-state index is 0.0701. The Balaban J connectivity index is 1.51. The SMILES string of the molecule is CCC1c2nnc(C)n2-c2cnc(-n3ccnc3N3C(=O)CCC3=O)nc2N1C1CCC1. The first-order valence-corrected chi connectivity index (χ1v) is 11.1. The molecule has 11 heteroatoms. The summed E-state index contributed by atoms with van der Waals surface area (Å²) < 4.78 is 3.64. The number of carbonyl (C=O) groups is 2. The highest BCUT2D eigenvalue weighted by Crippen LogP contribution is 2.44. The van der Waals surface area contributed by atoms with E-state index in [1.54, 1.807) is 23.2 Å². The maximum absolute atomic E-state index is 12.3. The highest BCUT2D eigenvalue weighted by atomic mass is 16.2. The smallest absolute Gasteiger partial charge is 0.238 e. The summed E-state index contributed by atoms with van der Waals surface area (Å²) in [4.78, 5) is 41.9. The average molecular weight is 433 g/mol. The fourth-order valence-corrected chi connectivity index (χ4v) is 4.87. The van der Waals surface area contributed by atoms with Crippen LogP contribution >= 0.6 is 0 Å². The maximum atomic E-state index is 12.3. The van der Waals surface area contributed by atoms with Crippen molar-refractivity contribution in [2.24, 2.45) is 0 Å². The Morgan fingerprint density at radius 1 is 1.09 bits per heavy atom. The van der Waals surface area contributed by atoms with E-state index in [0.29, 0.717) is 12.0 Å². The van der Waals surface area contributed by atoms with Gasteiger partial charge in [-0.1, -0.05) is 6.92 Å². The van der Waals surface area contributed by atoms with E-state index in [4.69, 9.17) is 4.98 Å². The first-order chi connectivity index (χ1) is 15.6. The maximum Gasteiger partial charge on any atom is 0.238 e. The second-order valence-corrected chi connectivity index (χ2v) is 8.46. The van der Waals surface area contributed by atoms with Gasteiger partial charge in [0, 0.05) is 31.3 Å². The van der Waals surface area contributed by atoms with E-state index < -0.39 is 0 Å². The van der Waals surface area contributed by atoms with Gasteiger partial charge in [0.1, 0.15) is 11.5 Å². The second-order valence-electron chi connectivity index (χ2n) is 8.46. The Morgan fingerprint density at radius 3 is 2.56 bits per heavy atom. The normalized spacial score (nSPS) is 20.5. The number of nitrogens with zero attached hydrogens (tertiary/aromatic N) is 9. The Bertz CT molecular complexity index is 1230. The summed E-state index contributed by atoms with van der Waals surface area (Å²) in [6.45, 7) is 4.08. The van der Waals surface area contributed by atoms with E-state index >= 15 is 0 Å². The molecule has 0 radical (unpaired) electrons. The van der Waals surface area contributed by atoms with Crippen LogP contribution in [-0.2, 0) is 9.59 Å². The molecule has 1 aliphatic carbocycles. The van der Waals surface area contributed by atoms with Crippen molar-refractivity contribution in [3.8, 4) is 11.6 Å². The minimum atomic E-state index is -0.257. The lowest BCUT2D eigenvalue weighted by Crippen LogP contribution is -2.46. The van der Waals surface area contributed by atoms with Gasteiger partial charge in [0.15, 0.2) is 11.6 Å². The van der Waals surface area contributed by atoms with Gasteiger partial charge in [0.05, 0.1) is 12.2 Å². The van der Waals surface area contributed by atoms with E-state index in [0.717, 1.165) is 47.3 Å². The van der Waals surface area contributed by atoms with Gasteiger partial charge in [-0.3, -0.25) is 18.7 Å². The molecule has 2 fully saturated rings. The molecule has 3 aromatic heterocycles. The summed E-state index contributed by atoms with van der Waals surface area (Å²) in [5, 5.41) is 8.79. The molecule has 0 N–H and O–H groups in total. The van der Waals surface area contributed by atoms with Crippen molar-refractivity contribution in [2.75, 3.05) is 9.80 Å². The topological polar surface area (TPSA) is 115 Å². The van der Waals surface area contributed by atoms with Crippen molar-refractivity contribution in [2.45, 2.75) is 64.5 Å². The second kappa shape index (κ2) is 6.94. The number of aromatic nitrogens is 7. The van der Waals surface area contributed by atoms with Crippen molar-refractivity contribution >= 4 is 23.6 Å². The highest BCUT2D eigenvalue weighted by Gasteiger charge is 2.41. The number of carbonyl (C=O) groups excluding carboxylic acids is 2. The first kappa shape index (κ1) is 19.1. The number of rotatable bonds is 4. The van der Waals surface area contributed by atoms with Crippen LogP contribution in [-0.4, -0.2) is 52.1 Å². The number of aryl methyl sites for hydroxylation is 1. The predicted molar refractivity (Wildman–Crippen MR) is 114 cm³/mol. The number of hydrogen-bond donors (Lipinski definition) is 0. The van der Waals surface area contributed by atoms with Crippen LogP contribution in [0.25, 0.3) is 11.6 Å². The Labute approximate surface area is 184 Å². The molecule has 1 saturated carbocycles. The van der Waals surface area contributed by atoms with Gasteiger partial charge in [-0.2, -0.15) is 4.98 Å². The van der Waals surface area contributed by atoms with Crippen LogP contribution in [0.5, 0.6) is 0 Å². The van der Waals surface area contributed by atoms with E-state index in [9.17, 15) is 9.59 Å². The van der Waals surface area contributed by atoms with Crippen LogP contribution in [0.4, 0.5) is 11.8 Å². The molecule has 3 aromatic rings. The number of imidazole rings is 1. The number of hydrogen-bond acceptors (Lipinski definition) is 8. The lowest BCUT2D eigenvalue weighted by molar-refractivity contribution is -0.121. The molecule has 32 heavy (non-hydrogen) atoms. The van der Waals surface area contributed by atoms with Crippen molar-refractivity contribution in [3.05, 3.63) is 30.2 Å². The molecule has 1 saturated heterocycles. The number of amides is 2. The number of imide groups is 1. The summed E-state index contributed by atoms with van der Waals surface area (Å²) in [6.07, 6.45) is 9.68. The van der Waals surface area contributed by atoms with Gasteiger partial charge in [0.25, 0.3) is 0 Å². The summed E-state index contributed by atoms with van der Waals surface area (Å²) in [7, 11) is 0. The monoisotopic (exact) mass is 433 g/mol. The fourth-order valence-electron chi connectivity index (χ4n) is 4.87. The first-order valence-electron chi connectivity index (χ1n) is 11.1. The molecular weight excluding hydrogens is 410 g/mol. The van der Waals surface area contributed by atoms with Gasteiger partial charge in [-0.25, -0.2) is 14.9 Å². The summed E-state index contributed by atoms with van der Waals surface area (Å²) >= 11 is 0. The molecule has 0 bridgehead atoms. The van der Waals surface area contributed by atoms with Crippen LogP contribution in [0.2, 0.25) is 0 Å². The van der Waals surface area contributed by atoms with E-state index in [1.165, 1.54) is 6.42 Å². The van der Waals surface area contributed by atoms with Gasteiger partial charge >= 0.3 is 0 Å². The molecular formula is C21H23N9O2. The molecule has 11 nitrogen and oxygen atoms in total. The zero-order valence-corrected chi connectivity index (χ0v) is 18.0. The van der Waals surface area contributed by atoms with E-state index in [1.807, 2.05) is 11.5 Å². The molecule has 2 amide bonds. The summed E-state index contributed by atoms with van der Waals surface area (Å²) in [5.74, 6) is 2.62. The molecule has 1 atom stereocenters. The van der Waals surface area contributed by atoms with Gasteiger partial charge in [0.2, 0.25) is 23.7 Å². The quantitative estimate of drug-likeness (QED) is 0.574. The van der Waals surface area contributed by atoms with Crippen molar-refractivity contribution < 1.29 is 9.59 Å². The zero-order valence-electron chi connectivity index (χ0n) is 18.0. The van der Waals surface area contributed by atoms with E-state index in [2.05, 4.69) is 32.0 Å². The molecule has 3 aliphatic rings. The lowest BCUT2D eigenvalue weighted by Gasteiger charge is -2.45.